The van der Waals surface area contributed by atoms with Crippen LogP contribution in [0.4, 0.5) is 0 Å². The van der Waals surface area contributed by atoms with Gasteiger partial charge in [-0.05, 0) is 134 Å². The van der Waals surface area contributed by atoms with Crippen molar-refractivity contribution in [1.29, 1.82) is 0 Å². The van der Waals surface area contributed by atoms with Gasteiger partial charge in [0.2, 0.25) is 0 Å². The quantitative estimate of drug-likeness (QED) is 0.399. The molecule has 9 atom stereocenters. The summed E-state index contributed by atoms with van der Waals surface area (Å²) in [6.45, 7) is 20.4. The highest BCUT2D eigenvalue weighted by Crippen LogP contribution is 2.74. The largest absolute Gasteiger partial charge is 0.393 e. The van der Waals surface area contributed by atoms with Crippen LogP contribution < -0.4 is 0 Å². The van der Waals surface area contributed by atoms with Crippen molar-refractivity contribution in [2.45, 2.75) is 139 Å². The zero-order valence-corrected chi connectivity index (χ0v) is 24.0. The number of fused-ring (bicyclic) bond motifs is 5. The van der Waals surface area contributed by atoms with Gasteiger partial charge < -0.3 is 5.11 Å². The summed E-state index contributed by atoms with van der Waals surface area (Å²) in [6.07, 6.45) is 16.3. The van der Waals surface area contributed by atoms with Crippen molar-refractivity contribution in [1.82, 2.24) is 0 Å². The molecule has 0 radical (unpaired) electrons. The summed E-state index contributed by atoms with van der Waals surface area (Å²) < 4.78 is 0. The third kappa shape index (κ3) is 3.55. The zero-order chi connectivity index (χ0) is 24.7. The molecular formula is C33H56O. The van der Waals surface area contributed by atoms with Crippen LogP contribution in [-0.4, -0.2) is 11.2 Å². The Bertz CT molecular complexity index is 814. The number of rotatable bonds is 5. The number of hydrogen-bond acceptors (Lipinski definition) is 1. The first-order valence-electron chi connectivity index (χ1n) is 15.2. The molecule has 1 nitrogen and oxygen atoms in total. The molecule has 0 spiro atoms. The minimum atomic E-state index is -0.107. The van der Waals surface area contributed by atoms with E-state index >= 15 is 0 Å². The van der Waals surface area contributed by atoms with Gasteiger partial charge in [0.15, 0.2) is 0 Å². The Kier molecular flexibility index (Phi) is 6.23. The van der Waals surface area contributed by atoms with E-state index < -0.39 is 0 Å². The van der Waals surface area contributed by atoms with Crippen LogP contribution in [0, 0.1) is 57.2 Å². The molecule has 5 fully saturated rings. The van der Waals surface area contributed by atoms with E-state index in [1.165, 1.54) is 70.6 Å². The molecule has 5 rings (SSSR count). The van der Waals surface area contributed by atoms with Crippen LogP contribution in [0.5, 0.6) is 0 Å². The van der Waals surface area contributed by atoms with Gasteiger partial charge in [0.1, 0.15) is 0 Å². The number of aliphatic hydroxyl groups excluding tert-OH is 1. The Morgan fingerprint density at radius 1 is 0.824 bits per heavy atom. The maximum Gasteiger partial charge on any atom is 0.0594 e. The van der Waals surface area contributed by atoms with E-state index in [1.807, 2.05) is 5.57 Å². The van der Waals surface area contributed by atoms with Crippen molar-refractivity contribution in [3.8, 4) is 0 Å². The van der Waals surface area contributed by atoms with Crippen molar-refractivity contribution >= 4 is 0 Å². The van der Waals surface area contributed by atoms with Crippen LogP contribution in [0.1, 0.15) is 132 Å². The van der Waals surface area contributed by atoms with E-state index in [0.29, 0.717) is 22.2 Å². The molecule has 1 N–H and O–H groups in total. The van der Waals surface area contributed by atoms with Crippen LogP contribution in [0.3, 0.4) is 0 Å². The second-order valence-corrected chi connectivity index (χ2v) is 15.5. The Morgan fingerprint density at radius 3 is 2.15 bits per heavy atom. The molecule has 0 bridgehead atoms. The predicted molar refractivity (Wildman–Crippen MR) is 145 cm³/mol. The molecule has 0 heterocycles. The summed E-state index contributed by atoms with van der Waals surface area (Å²) >= 11 is 0. The lowest BCUT2D eigenvalue weighted by Crippen LogP contribution is -2.61. The third-order valence-corrected chi connectivity index (χ3v) is 13.7. The van der Waals surface area contributed by atoms with Crippen LogP contribution in [0.25, 0.3) is 0 Å². The van der Waals surface area contributed by atoms with Gasteiger partial charge in [-0.1, -0.05) is 66.5 Å². The van der Waals surface area contributed by atoms with Gasteiger partial charge in [0.05, 0.1) is 6.10 Å². The Balaban J connectivity index is 1.35. The Morgan fingerprint density at radius 2 is 1.50 bits per heavy atom. The SMILES string of the molecule is CC(C)C(CC[C@@H](C)[C@H]1CC[C@@]2(C)[C@@H]3CC[C@H]4C(C)(C)[C@@H](O)CC[C@]4(C)[C@H]3CC[C@]12C)=C1CC1. The molecule has 1 heteroatoms. The average Bonchev–Trinajstić information content (AvgIpc) is 3.55. The molecule has 0 aliphatic heterocycles. The lowest BCUT2D eigenvalue weighted by molar-refractivity contribution is -0.200. The average molecular weight is 469 g/mol. The maximum absolute atomic E-state index is 10.9. The van der Waals surface area contributed by atoms with Gasteiger partial charge in [0, 0.05) is 0 Å². The number of aliphatic hydroxyl groups is 1. The summed E-state index contributed by atoms with van der Waals surface area (Å²) in [5, 5.41) is 10.9. The summed E-state index contributed by atoms with van der Waals surface area (Å²) in [6, 6.07) is 0. The number of hydrogen-bond donors (Lipinski definition) is 1. The molecule has 0 aromatic heterocycles. The van der Waals surface area contributed by atoms with Crippen LogP contribution >= 0.6 is 0 Å². The minimum Gasteiger partial charge on any atom is -0.393 e. The molecule has 0 unspecified atom stereocenters. The Labute approximate surface area is 211 Å². The predicted octanol–water partition coefficient (Wildman–Crippen LogP) is 9.20. The van der Waals surface area contributed by atoms with Crippen molar-refractivity contribution < 1.29 is 5.11 Å². The van der Waals surface area contributed by atoms with Gasteiger partial charge in [0.25, 0.3) is 0 Å². The summed E-state index contributed by atoms with van der Waals surface area (Å²) in [4.78, 5) is 0. The molecule has 194 valence electrons. The van der Waals surface area contributed by atoms with Crippen molar-refractivity contribution in [2.75, 3.05) is 0 Å². The molecule has 5 aliphatic rings. The van der Waals surface area contributed by atoms with E-state index in [2.05, 4.69) is 55.4 Å². The fourth-order valence-electron chi connectivity index (χ4n) is 11.3. The van der Waals surface area contributed by atoms with E-state index in [9.17, 15) is 5.11 Å². The first-order valence-corrected chi connectivity index (χ1v) is 15.2. The topological polar surface area (TPSA) is 20.2 Å². The molecule has 5 saturated carbocycles. The smallest absolute Gasteiger partial charge is 0.0594 e. The highest BCUT2D eigenvalue weighted by Gasteiger charge is 2.67. The van der Waals surface area contributed by atoms with Crippen molar-refractivity contribution in [3.63, 3.8) is 0 Å². The third-order valence-electron chi connectivity index (χ3n) is 13.7. The maximum atomic E-state index is 10.9. The number of allylic oxidation sites excluding steroid dienone is 2. The normalized spacial score (nSPS) is 48.2. The molecule has 0 aromatic carbocycles. The fourth-order valence-corrected chi connectivity index (χ4v) is 11.3. The lowest BCUT2D eigenvalue weighted by atomic mass is 9.38. The van der Waals surface area contributed by atoms with Crippen LogP contribution in [0.2, 0.25) is 0 Å². The van der Waals surface area contributed by atoms with Gasteiger partial charge in [-0.15, -0.1) is 0 Å². The Hall–Kier alpha value is -0.300. The molecule has 34 heavy (non-hydrogen) atoms. The second kappa shape index (κ2) is 8.36. The van der Waals surface area contributed by atoms with E-state index in [0.717, 1.165) is 36.0 Å². The minimum absolute atomic E-state index is 0.0799. The lowest BCUT2D eigenvalue weighted by Gasteiger charge is -2.67. The van der Waals surface area contributed by atoms with E-state index in [-0.39, 0.29) is 11.5 Å². The van der Waals surface area contributed by atoms with Gasteiger partial charge in [-0.25, -0.2) is 0 Å². The first-order chi connectivity index (χ1) is 15.9. The molecule has 0 amide bonds. The highest BCUT2D eigenvalue weighted by atomic mass is 16.3. The summed E-state index contributed by atoms with van der Waals surface area (Å²) in [5.41, 5.74) is 5.16. The molecule has 0 saturated heterocycles. The standard InChI is InChI=1S/C33H56O/c1-21(2)24(23-10-11-23)12-9-22(3)25-15-19-33(8)27-13-14-28-30(4,5)29(34)17-18-31(28,6)26(27)16-20-32(25,33)7/h21-22,25-29,34H,9-20H2,1-8H3/t22-,25-,26+,27-,28+,29+,31-,32-,33+/m1/s1. The monoisotopic (exact) mass is 468 g/mol. The van der Waals surface area contributed by atoms with Gasteiger partial charge >= 0.3 is 0 Å². The van der Waals surface area contributed by atoms with Crippen molar-refractivity contribution in [2.24, 2.45) is 57.2 Å². The molecular weight excluding hydrogens is 412 g/mol. The highest BCUT2D eigenvalue weighted by molar-refractivity contribution is 5.26. The zero-order valence-electron chi connectivity index (χ0n) is 24.0. The van der Waals surface area contributed by atoms with Crippen molar-refractivity contribution in [3.05, 3.63) is 11.1 Å². The fraction of sp³-hybridized carbons (Fsp3) is 0.939. The van der Waals surface area contributed by atoms with E-state index in [1.54, 1.807) is 5.57 Å². The molecule has 5 aliphatic carbocycles. The summed E-state index contributed by atoms with van der Waals surface area (Å²) in [7, 11) is 0. The van der Waals surface area contributed by atoms with Gasteiger partial charge in [-0.3, -0.25) is 0 Å². The van der Waals surface area contributed by atoms with E-state index in [4.69, 9.17) is 0 Å². The molecule has 0 aromatic rings. The first kappa shape index (κ1) is 25.4. The van der Waals surface area contributed by atoms with Crippen LogP contribution in [-0.2, 0) is 0 Å². The van der Waals surface area contributed by atoms with Gasteiger partial charge in [-0.2, -0.15) is 0 Å². The second-order valence-electron chi connectivity index (χ2n) is 15.5. The summed E-state index contributed by atoms with van der Waals surface area (Å²) in [5.74, 6) is 4.98. The van der Waals surface area contributed by atoms with Crippen LogP contribution in [0.15, 0.2) is 11.1 Å².